The first-order valence-corrected chi connectivity index (χ1v) is 8.80. The van der Waals surface area contributed by atoms with E-state index >= 15 is 0 Å². The van der Waals surface area contributed by atoms with Crippen LogP contribution in [0.2, 0.25) is 0 Å². The fourth-order valence-electron chi connectivity index (χ4n) is 2.72. The van der Waals surface area contributed by atoms with Crippen LogP contribution in [0, 0.1) is 0 Å². The molecular weight excluding hydrogens is 322 g/mol. The summed E-state index contributed by atoms with van der Waals surface area (Å²) in [6.45, 7) is 6.28. The normalized spacial score (nSPS) is 14.9. The number of carbonyl (C=O) groups excluding carboxylic acids is 2. The second-order valence-electron chi connectivity index (χ2n) is 5.85. The van der Waals surface area contributed by atoms with E-state index in [1.54, 1.807) is 11.8 Å². The molecule has 0 spiro atoms. The van der Waals surface area contributed by atoms with Crippen LogP contribution < -0.4 is 15.4 Å². The van der Waals surface area contributed by atoms with E-state index in [1.807, 2.05) is 31.2 Å². The predicted molar refractivity (Wildman–Crippen MR) is 95.9 cm³/mol. The molecule has 138 valence electrons. The number of hydrogen-bond acceptors (Lipinski definition) is 5. The molecule has 7 heteroatoms. The van der Waals surface area contributed by atoms with Gasteiger partial charge in [-0.1, -0.05) is 0 Å². The van der Waals surface area contributed by atoms with E-state index in [0.29, 0.717) is 26.3 Å². The maximum Gasteiger partial charge on any atom is 0.409 e. The fourth-order valence-corrected chi connectivity index (χ4v) is 2.72. The van der Waals surface area contributed by atoms with Crippen LogP contribution in [0.4, 0.5) is 10.5 Å². The summed E-state index contributed by atoms with van der Waals surface area (Å²) in [6, 6.07) is 7.54. The molecule has 1 fully saturated rings. The third-order valence-corrected chi connectivity index (χ3v) is 4.02. The summed E-state index contributed by atoms with van der Waals surface area (Å²) in [6.07, 6.45) is 1.37. The van der Waals surface area contributed by atoms with Crippen LogP contribution >= 0.6 is 0 Å². The van der Waals surface area contributed by atoms with E-state index in [-0.39, 0.29) is 24.6 Å². The zero-order valence-corrected chi connectivity index (χ0v) is 14.9. The Morgan fingerprint density at radius 2 is 1.80 bits per heavy atom. The first-order chi connectivity index (χ1) is 12.1. The van der Waals surface area contributed by atoms with Gasteiger partial charge in [0.25, 0.3) is 0 Å². The van der Waals surface area contributed by atoms with Crippen LogP contribution in [0.1, 0.15) is 26.7 Å². The van der Waals surface area contributed by atoms with Crippen LogP contribution in [0.25, 0.3) is 0 Å². The van der Waals surface area contributed by atoms with Crippen molar-refractivity contribution >= 4 is 17.7 Å². The van der Waals surface area contributed by atoms with Crippen LogP contribution in [-0.2, 0) is 9.53 Å². The number of nitrogens with one attached hydrogen (secondary N) is 2. The number of rotatable bonds is 7. The van der Waals surface area contributed by atoms with Crippen molar-refractivity contribution in [2.45, 2.75) is 32.7 Å². The van der Waals surface area contributed by atoms with Gasteiger partial charge in [0, 0.05) is 24.8 Å². The third kappa shape index (κ3) is 6.26. The quantitative estimate of drug-likeness (QED) is 0.789. The van der Waals surface area contributed by atoms with Crippen LogP contribution in [-0.4, -0.2) is 55.8 Å². The number of anilines is 1. The predicted octanol–water partition coefficient (Wildman–Crippen LogP) is 2.23. The lowest BCUT2D eigenvalue weighted by Crippen LogP contribution is -2.46. The number of amides is 2. The van der Waals surface area contributed by atoms with Crippen molar-refractivity contribution in [3.05, 3.63) is 24.3 Å². The van der Waals surface area contributed by atoms with Gasteiger partial charge >= 0.3 is 6.09 Å². The molecule has 0 bridgehead atoms. The van der Waals surface area contributed by atoms with Crippen molar-refractivity contribution in [3.63, 3.8) is 0 Å². The van der Waals surface area contributed by atoms with Crippen molar-refractivity contribution in [3.8, 4) is 5.75 Å². The van der Waals surface area contributed by atoms with Crippen molar-refractivity contribution < 1.29 is 19.1 Å². The van der Waals surface area contributed by atoms with Crippen molar-refractivity contribution in [2.24, 2.45) is 0 Å². The Morgan fingerprint density at radius 3 is 2.40 bits per heavy atom. The van der Waals surface area contributed by atoms with E-state index < -0.39 is 0 Å². The van der Waals surface area contributed by atoms with Crippen molar-refractivity contribution in [2.75, 3.05) is 38.2 Å². The number of benzene rings is 1. The Morgan fingerprint density at radius 1 is 1.12 bits per heavy atom. The minimum atomic E-state index is -0.255. The standard InChI is InChI=1S/C18H27N3O4/c1-3-24-16-7-5-15(6-8-16)20-17(22)13-19-14-9-11-21(12-10-14)18(23)25-4-2/h5-8,14,19H,3-4,9-13H2,1-2H3,(H,20,22). The van der Waals surface area contributed by atoms with E-state index in [2.05, 4.69) is 10.6 Å². The Kier molecular flexibility index (Phi) is 7.53. The van der Waals surface area contributed by atoms with Gasteiger partial charge in [-0.2, -0.15) is 0 Å². The molecule has 1 aliphatic rings. The van der Waals surface area contributed by atoms with E-state index in [4.69, 9.17) is 9.47 Å². The van der Waals surface area contributed by atoms with Crippen molar-refractivity contribution in [1.82, 2.24) is 10.2 Å². The van der Waals surface area contributed by atoms with Gasteiger partial charge < -0.3 is 25.0 Å². The monoisotopic (exact) mass is 349 g/mol. The maximum atomic E-state index is 12.0. The smallest absolute Gasteiger partial charge is 0.409 e. The largest absolute Gasteiger partial charge is 0.494 e. The topological polar surface area (TPSA) is 79.9 Å². The molecule has 0 unspecified atom stereocenters. The molecular formula is C18H27N3O4. The number of likely N-dealkylation sites (tertiary alicyclic amines) is 1. The summed E-state index contributed by atoms with van der Waals surface area (Å²) in [5.41, 5.74) is 0.743. The highest BCUT2D eigenvalue weighted by Gasteiger charge is 2.23. The van der Waals surface area contributed by atoms with Gasteiger partial charge in [0.2, 0.25) is 5.91 Å². The minimum absolute atomic E-state index is 0.0861. The Balaban J connectivity index is 1.68. The van der Waals surface area contributed by atoms with Gasteiger partial charge in [-0.25, -0.2) is 4.79 Å². The minimum Gasteiger partial charge on any atom is -0.494 e. The first-order valence-electron chi connectivity index (χ1n) is 8.80. The molecule has 7 nitrogen and oxygen atoms in total. The zero-order valence-electron chi connectivity index (χ0n) is 14.9. The summed E-state index contributed by atoms with van der Waals surface area (Å²) in [7, 11) is 0. The Hall–Kier alpha value is -2.28. The molecule has 1 aromatic rings. The second kappa shape index (κ2) is 9.88. The average molecular weight is 349 g/mol. The van der Waals surface area contributed by atoms with Gasteiger partial charge in [-0.15, -0.1) is 0 Å². The van der Waals surface area contributed by atoms with E-state index in [0.717, 1.165) is 24.3 Å². The highest BCUT2D eigenvalue weighted by Crippen LogP contribution is 2.15. The van der Waals surface area contributed by atoms with Crippen molar-refractivity contribution in [1.29, 1.82) is 0 Å². The molecule has 2 rings (SSSR count). The molecule has 1 aromatic carbocycles. The lowest BCUT2D eigenvalue weighted by molar-refractivity contribution is -0.115. The van der Waals surface area contributed by atoms with E-state index in [9.17, 15) is 9.59 Å². The highest BCUT2D eigenvalue weighted by atomic mass is 16.6. The Bertz CT molecular complexity index is 554. The second-order valence-corrected chi connectivity index (χ2v) is 5.85. The van der Waals surface area contributed by atoms with Crippen LogP contribution in [0.3, 0.4) is 0 Å². The molecule has 2 amide bonds. The highest BCUT2D eigenvalue weighted by molar-refractivity contribution is 5.92. The summed E-state index contributed by atoms with van der Waals surface area (Å²) >= 11 is 0. The third-order valence-electron chi connectivity index (χ3n) is 4.02. The number of ether oxygens (including phenoxy) is 2. The van der Waals surface area contributed by atoms with Gasteiger partial charge in [0.1, 0.15) is 5.75 Å². The molecule has 25 heavy (non-hydrogen) atoms. The van der Waals surface area contributed by atoms with Gasteiger partial charge in [-0.3, -0.25) is 4.79 Å². The number of piperidine rings is 1. The number of nitrogens with zero attached hydrogens (tertiary/aromatic N) is 1. The van der Waals surface area contributed by atoms with Gasteiger partial charge in [0.15, 0.2) is 0 Å². The first kappa shape index (κ1) is 19.1. The molecule has 1 heterocycles. The fraction of sp³-hybridized carbons (Fsp3) is 0.556. The van der Waals surface area contributed by atoms with Crippen LogP contribution in [0.5, 0.6) is 5.75 Å². The molecule has 0 aliphatic carbocycles. The average Bonchev–Trinajstić information content (AvgIpc) is 2.62. The van der Waals surface area contributed by atoms with Crippen LogP contribution in [0.15, 0.2) is 24.3 Å². The summed E-state index contributed by atoms with van der Waals surface area (Å²) < 4.78 is 10.4. The van der Waals surface area contributed by atoms with Gasteiger partial charge in [-0.05, 0) is 51.0 Å². The number of hydrogen-bond donors (Lipinski definition) is 2. The van der Waals surface area contributed by atoms with Gasteiger partial charge in [0.05, 0.1) is 19.8 Å². The summed E-state index contributed by atoms with van der Waals surface area (Å²) in [4.78, 5) is 25.4. The Labute approximate surface area is 148 Å². The number of carbonyl (C=O) groups is 2. The molecule has 0 radical (unpaired) electrons. The summed E-state index contributed by atoms with van der Waals surface area (Å²) in [5, 5.41) is 6.10. The lowest BCUT2D eigenvalue weighted by Gasteiger charge is -2.31. The zero-order chi connectivity index (χ0) is 18.1. The maximum absolute atomic E-state index is 12.0. The molecule has 0 saturated carbocycles. The molecule has 0 aromatic heterocycles. The SMILES string of the molecule is CCOC(=O)N1CCC(NCC(=O)Nc2ccc(OCC)cc2)CC1. The molecule has 0 atom stereocenters. The van der Waals surface area contributed by atoms with E-state index in [1.165, 1.54) is 0 Å². The lowest BCUT2D eigenvalue weighted by atomic mass is 10.1. The molecule has 1 aliphatic heterocycles. The molecule has 1 saturated heterocycles. The summed E-state index contributed by atoms with van der Waals surface area (Å²) in [5.74, 6) is 0.698. The molecule has 2 N–H and O–H groups in total.